The first-order chi connectivity index (χ1) is 28.4. The molecule has 2 heterocycles. The molecule has 288 valence electrons. The van der Waals surface area contributed by atoms with Crippen LogP contribution in [0.15, 0.2) is 158 Å². The van der Waals surface area contributed by atoms with Gasteiger partial charge in [-0.05, 0) is 71.5 Å². The maximum Gasteiger partial charge on any atom is 0.249 e. The molecule has 1 fully saturated rings. The number of imidazole rings is 1. The summed E-state index contributed by atoms with van der Waals surface area (Å²) in [5, 5.41) is 13.3. The van der Waals surface area contributed by atoms with E-state index in [0.29, 0.717) is 58.9 Å². The Kier molecular flexibility index (Phi) is 10.8. The maximum atomic E-state index is 17.5. The van der Waals surface area contributed by atoms with Crippen molar-refractivity contribution in [3.63, 3.8) is 0 Å². The fraction of sp³-hybridized carbons (Fsp3) is 0.163. The van der Waals surface area contributed by atoms with Crippen molar-refractivity contribution in [1.29, 1.82) is 5.26 Å². The van der Waals surface area contributed by atoms with Gasteiger partial charge >= 0.3 is 0 Å². The molecule has 0 spiro atoms. The summed E-state index contributed by atoms with van der Waals surface area (Å²) in [7, 11) is 0. The summed E-state index contributed by atoms with van der Waals surface area (Å²) >= 11 is 0. The number of rotatable bonds is 13. The molecular formula is C49H42FN5O3. The molecule has 3 N–H and O–H groups in total. The van der Waals surface area contributed by atoms with Gasteiger partial charge in [0.2, 0.25) is 5.91 Å². The number of primary amides is 1. The molecule has 0 radical (unpaired) electrons. The molecule has 8 rings (SSSR count). The topological polar surface area (TPSA) is 115 Å². The number of hydrogen-bond acceptors (Lipinski definition) is 6. The van der Waals surface area contributed by atoms with Crippen molar-refractivity contribution < 1.29 is 18.7 Å². The monoisotopic (exact) mass is 767 g/mol. The summed E-state index contributed by atoms with van der Waals surface area (Å²) in [5.41, 5.74) is 11.2. The second-order valence-corrected chi connectivity index (χ2v) is 14.3. The number of benzene rings is 6. The highest BCUT2D eigenvalue weighted by Crippen LogP contribution is 2.45. The Morgan fingerprint density at radius 3 is 2.07 bits per heavy atom. The van der Waals surface area contributed by atoms with Crippen LogP contribution in [0.4, 0.5) is 10.1 Å². The highest BCUT2D eigenvalue weighted by molar-refractivity contribution is 5.99. The van der Waals surface area contributed by atoms with Gasteiger partial charge in [0.1, 0.15) is 17.4 Å². The molecule has 1 aliphatic rings. The van der Waals surface area contributed by atoms with E-state index in [9.17, 15) is 10.1 Å². The van der Waals surface area contributed by atoms with E-state index in [1.54, 1.807) is 42.5 Å². The third-order valence-electron chi connectivity index (χ3n) is 10.7. The lowest BCUT2D eigenvalue weighted by Gasteiger charge is -2.39. The number of nitrogens with two attached hydrogens (primary N) is 1. The van der Waals surface area contributed by atoms with Crippen molar-refractivity contribution in [3.8, 4) is 23.1 Å². The molecule has 7 aromatic rings. The Bertz CT molecular complexity index is 2470. The lowest BCUT2D eigenvalue weighted by Crippen LogP contribution is -2.39. The highest BCUT2D eigenvalue weighted by atomic mass is 19.1. The predicted octanol–water partition coefficient (Wildman–Crippen LogP) is 9.78. The number of ether oxygens (including phenoxy) is 2. The minimum atomic E-state index is -1.09. The van der Waals surface area contributed by atoms with Crippen LogP contribution in [-0.2, 0) is 16.7 Å². The summed E-state index contributed by atoms with van der Waals surface area (Å²) in [4.78, 5) is 18.4. The van der Waals surface area contributed by atoms with Crippen LogP contribution in [0.25, 0.3) is 11.3 Å². The summed E-state index contributed by atoms with van der Waals surface area (Å²) in [6.45, 7) is 2.56. The summed E-state index contributed by atoms with van der Waals surface area (Å²) < 4.78 is 31.7. The van der Waals surface area contributed by atoms with Crippen molar-refractivity contribution in [2.75, 3.05) is 11.9 Å². The normalized spacial score (nSPS) is 14.4. The van der Waals surface area contributed by atoms with E-state index >= 15 is 4.39 Å². The summed E-state index contributed by atoms with van der Waals surface area (Å²) in [6, 6.07) is 49.4. The number of carbonyl (C=O) groups is 1. The number of amides is 1. The first-order valence-electron chi connectivity index (χ1n) is 19.4. The van der Waals surface area contributed by atoms with Crippen LogP contribution in [0.1, 0.15) is 75.4 Å². The van der Waals surface area contributed by atoms with Crippen LogP contribution in [-0.4, -0.2) is 28.4 Å². The number of carbonyl (C=O) groups excluding carboxylic acids is 1. The van der Waals surface area contributed by atoms with E-state index in [4.69, 9.17) is 20.2 Å². The van der Waals surface area contributed by atoms with Gasteiger partial charge in [-0.25, -0.2) is 9.37 Å². The number of halogens is 1. The second-order valence-electron chi connectivity index (χ2n) is 14.3. The van der Waals surface area contributed by atoms with E-state index in [1.165, 1.54) is 0 Å². The molecule has 0 bridgehead atoms. The van der Waals surface area contributed by atoms with E-state index < -0.39 is 29.6 Å². The molecule has 58 heavy (non-hydrogen) atoms. The van der Waals surface area contributed by atoms with Crippen LogP contribution >= 0.6 is 0 Å². The van der Waals surface area contributed by atoms with Crippen molar-refractivity contribution in [3.05, 3.63) is 208 Å². The van der Waals surface area contributed by atoms with Crippen molar-refractivity contribution >= 4 is 11.6 Å². The Balaban J connectivity index is 1.49. The van der Waals surface area contributed by atoms with Gasteiger partial charge in [0.15, 0.2) is 17.9 Å². The van der Waals surface area contributed by atoms with Gasteiger partial charge in [-0.1, -0.05) is 122 Å². The van der Waals surface area contributed by atoms with Gasteiger partial charge in [-0.15, -0.1) is 0 Å². The van der Waals surface area contributed by atoms with Crippen molar-refractivity contribution in [2.24, 2.45) is 5.73 Å². The van der Waals surface area contributed by atoms with E-state index in [-0.39, 0.29) is 5.75 Å². The summed E-state index contributed by atoms with van der Waals surface area (Å²) in [5.74, 6) is -0.634. The first kappa shape index (κ1) is 37.9. The third kappa shape index (κ3) is 7.22. The fourth-order valence-corrected chi connectivity index (χ4v) is 7.92. The van der Waals surface area contributed by atoms with Crippen LogP contribution in [0.3, 0.4) is 0 Å². The number of aromatic nitrogens is 2. The molecule has 8 nitrogen and oxygen atoms in total. The van der Waals surface area contributed by atoms with Gasteiger partial charge in [0.25, 0.3) is 0 Å². The van der Waals surface area contributed by atoms with Crippen molar-refractivity contribution in [1.82, 2.24) is 9.55 Å². The Hall–Kier alpha value is -7.02. The fourth-order valence-electron chi connectivity index (χ4n) is 7.92. The van der Waals surface area contributed by atoms with Crippen molar-refractivity contribution in [2.45, 2.75) is 44.1 Å². The standard InChI is InChI=1S/C49H42FN5O3/c1-2-33-29-41(45(50)43(30-33)58-44-23-14-28-57-44)46(53-38-26-24-34(31-51)25-27-38)48-54-42(39-21-12-13-22-40(39)47(52)56)32-55(48)49(35-15-6-3-7-16-35,36-17-8-4-9-18-36)37-19-10-5-11-20-37/h3-13,15-22,24-27,29-30,32,44,46,53H,2,14,23,28H2,1H3,(H2,52,56)/t44-,46-/m0/s1. The zero-order valence-corrected chi connectivity index (χ0v) is 32.0. The molecule has 0 saturated carbocycles. The Labute approximate surface area is 337 Å². The quantitative estimate of drug-likeness (QED) is 0.113. The lowest BCUT2D eigenvalue weighted by molar-refractivity contribution is -0.0412. The number of nitriles is 1. The van der Waals surface area contributed by atoms with Gasteiger partial charge < -0.3 is 25.1 Å². The number of nitrogens with zero attached hydrogens (tertiary/aromatic N) is 3. The van der Waals surface area contributed by atoms with Crippen LogP contribution in [0.2, 0.25) is 0 Å². The number of anilines is 1. The zero-order chi connectivity index (χ0) is 40.1. The minimum Gasteiger partial charge on any atom is -0.462 e. The Morgan fingerprint density at radius 1 is 0.914 bits per heavy atom. The minimum absolute atomic E-state index is 0.0886. The van der Waals surface area contributed by atoms with E-state index in [2.05, 4.69) is 52.4 Å². The van der Waals surface area contributed by atoms with Crippen LogP contribution in [0.5, 0.6) is 5.75 Å². The molecule has 0 unspecified atom stereocenters. The number of hydrogen-bond donors (Lipinski definition) is 2. The molecule has 1 aromatic heterocycles. The highest BCUT2D eigenvalue weighted by Gasteiger charge is 2.42. The van der Waals surface area contributed by atoms with Crippen LogP contribution < -0.4 is 15.8 Å². The molecule has 0 aliphatic carbocycles. The molecule has 6 aromatic carbocycles. The van der Waals surface area contributed by atoms with Gasteiger partial charge in [0, 0.05) is 35.0 Å². The molecule has 9 heteroatoms. The molecule has 1 saturated heterocycles. The van der Waals surface area contributed by atoms with Crippen LogP contribution in [0, 0.1) is 17.1 Å². The molecule has 2 atom stereocenters. The smallest absolute Gasteiger partial charge is 0.249 e. The predicted molar refractivity (Wildman–Crippen MR) is 223 cm³/mol. The lowest BCUT2D eigenvalue weighted by atomic mass is 9.76. The zero-order valence-electron chi connectivity index (χ0n) is 32.0. The first-order valence-corrected chi connectivity index (χ1v) is 19.4. The molecule has 1 amide bonds. The van der Waals surface area contributed by atoms with Gasteiger partial charge in [-0.2, -0.15) is 5.26 Å². The van der Waals surface area contributed by atoms with Gasteiger partial charge in [0.05, 0.1) is 23.9 Å². The maximum absolute atomic E-state index is 17.5. The largest absolute Gasteiger partial charge is 0.462 e. The van der Waals surface area contributed by atoms with E-state index in [0.717, 1.165) is 28.7 Å². The third-order valence-corrected chi connectivity index (χ3v) is 10.7. The average molecular weight is 768 g/mol. The summed E-state index contributed by atoms with van der Waals surface area (Å²) in [6.07, 6.45) is 3.44. The number of nitrogens with one attached hydrogen (secondary N) is 1. The number of aryl methyl sites for hydroxylation is 1. The van der Waals surface area contributed by atoms with Gasteiger partial charge in [-0.3, -0.25) is 4.79 Å². The average Bonchev–Trinajstić information content (AvgIpc) is 3.96. The van der Waals surface area contributed by atoms with E-state index in [1.807, 2.05) is 85.9 Å². The molecule has 1 aliphatic heterocycles. The molecular weight excluding hydrogens is 726 g/mol. The Morgan fingerprint density at radius 2 is 1.52 bits per heavy atom. The second kappa shape index (κ2) is 16.6. The SMILES string of the molecule is CCc1cc(O[C@H]2CCCO2)c(F)c([C@H](Nc2ccc(C#N)cc2)c2nc(-c3ccccc3C(N)=O)cn2C(c2ccccc2)(c2ccccc2)c2ccccc2)c1.